The highest BCUT2D eigenvalue weighted by atomic mass is 32.2. The van der Waals surface area contributed by atoms with Crippen molar-refractivity contribution in [1.82, 2.24) is 4.98 Å². The Labute approximate surface area is 83.9 Å². The molecule has 3 heteroatoms. The van der Waals surface area contributed by atoms with Gasteiger partial charge in [-0.25, -0.2) is 0 Å². The minimum atomic E-state index is 0.332. The molecule has 0 fully saturated rings. The topological polar surface area (TPSA) is 38.9 Å². The summed E-state index contributed by atoms with van der Waals surface area (Å²) >= 11 is 1.87. The van der Waals surface area contributed by atoms with E-state index in [2.05, 4.69) is 11.9 Å². The number of rotatable bonds is 5. The lowest BCUT2D eigenvalue weighted by molar-refractivity contribution is 0.656. The fraction of sp³-hybridized carbons (Fsp3) is 0.500. The van der Waals surface area contributed by atoms with Crippen LogP contribution < -0.4 is 5.73 Å². The van der Waals surface area contributed by atoms with Crippen LogP contribution in [0, 0.1) is 0 Å². The third-order valence-corrected chi connectivity index (χ3v) is 2.82. The summed E-state index contributed by atoms with van der Waals surface area (Å²) in [5, 5.41) is 0. The number of hydrogen-bond acceptors (Lipinski definition) is 3. The lowest BCUT2D eigenvalue weighted by Gasteiger charge is -2.03. The zero-order valence-corrected chi connectivity index (χ0v) is 8.76. The first-order chi connectivity index (χ1) is 6.29. The number of pyridine rings is 1. The molecule has 1 atom stereocenters. The Morgan fingerprint density at radius 3 is 2.77 bits per heavy atom. The maximum atomic E-state index is 5.65. The van der Waals surface area contributed by atoms with Crippen molar-refractivity contribution < 1.29 is 0 Å². The number of aromatic nitrogens is 1. The van der Waals surface area contributed by atoms with Crippen molar-refractivity contribution in [1.29, 1.82) is 0 Å². The van der Waals surface area contributed by atoms with Gasteiger partial charge in [0, 0.05) is 23.3 Å². The monoisotopic (exact) mass is 196 g/mol. The second-order valence-corrected chi connectivity index (χ2v) is 4.32. The van der Waals surface area contributed by atoms with Crippen LogP contribution in [0.2, 0.25) is 0 Å². The minimum Gasteiger partial charge on any atom is -0.328 e. The van der Waals surface area contributed by atoms with Gasteiger partial charge in [-0.2, -0.15) is 0 Å². The third kappa shape index (κ3) is 4.90. The lowest BCUT2D eigenvalue weighted by atomic mass is 10.2. The van der Waals surface area contributed by atoms with E-state index in [4.69, 9.17) is 5.73 Å². The summed E-state index contributed by atoms with van der Waals surface area (Å²) in [5.74, 6) is 1.14. The van der Waals surface area contributed by atoms with E-state index in [0.717, 1.165) is 12.2 Å². The molecule has 1 aromatic heterocycles. The van der Waals surface area contributed by atoms with Crippen LogP contribution in [0.15, 0.2) is 29.4 Å². The summed E-state index contributed by atoms with van der Waals surface area (Å²) in [7, 11) is 0. The molecule has 1 rings (SSSR count). The summed E-state index contributed by atoms with van der Waals surface area (Å²) < 4.78 is 0. The molecule has 0 radical (unpaired) electrons. The Kier molecular flexibility index (Phi) is 4.86. The number of hydrogen-bond donors (Lipinski definition) is 1. The molecular weight excluding hydrogens is 180 g/mol. The standard InChI is InChI=1S/C10H16N2S/c1-9(11)3-2-8-13-10-4-6-12-7-5-10/h4-7,9H,2-3,8,11H2,1H3. The number of nitrogens with two attached hydrogens (primary N) is 1. The Morgan fingerprint density at radius 1 is 1.46 bits per heavy atom. The Morgan fingerprint density at radius 2 is 2.15 bits per heavy atom. The second-order valence-electron chi connectivity index (χ2n) is 3.15. The molecule has 72 valence electrons. The van der Waals surface area contributed by atoms with Crippen molar-refractivity contribution >= 4 is 11.8 Å². The lowest BCUT2D eigenvalue weighted by Crippen LogP contribution is -2.14. The first-order valence-corrected chi connectivity index (χ1v) is 5.56. The summed E-state index contributed by atoms with van der Waals surface area (Å²) in [6.45, 7) is 2.05. The predicted octanol–water partition coefficient (Wildman–Crippen LogP) is 2.30. The van der Waals surface area contributed by atoms with Crippen molar-refractivity contribution in [2.75, 3.05) is 5.75 Å². The summed E-state index contributed by atoms with van der Waals surface area (Å²) in [5.41, 5.74) is 5.65. The van der Waals surface area contributed by atoms with E-state index in [9.17, 15) is 0 Å². The van der Waals surface area contributed by atoms with Gasteiger partial charge in [0.2, 0.25) is 0 Å². The molecule has 0 bridgehead atoms. The van der Waals surface area contributed by atoms with Crippen molar-refractivity contribution in [3.8, 4) is 0 Å². The highest BCUT2D eigenvalue weighted by molar-refractivity contribution is 7.99. The summed E-state index contributed by atoms with van der Waals surface area (Å²) in [6.07, 6.45) is 5.95. The van der Waals surface area contributed by atoms with Crippen molar-refractivity contribution in [3.63, 3.8) is 0 Å². The molecule has 0 aliphatic heterocycles. The number of thioether (sulfide) groups is 1. The van der Waals surface area contributed by atoms with Crippen LogP contribution in [0.3, 0.4) is 0 Å². The molecule has 0 aliphatic carbocycles. The highest BCUT2D eigenvalue weighted by Crippen LogP contribution is 2.17. The molecule has 0 aromatic carbocycles. The Hall–Kier alpha value is -0.540. The van der Waals surface area contributed by atoms with E-state index in [-0.39, 0.29) is 0 Å². The average Bonchev–Trinajstić information content (AvgIpc) is 2.14. The van der Waals surface area contributed by atoms with Crippen molar-refractivity contribution in [2.24, 2.45) is 5.73 Å². The molecule has 1 unspecified atom stereocenters. The van der Waals surface area contributed by atoms with E-state index in [1.165, 1.54) is 11.3 Å². The van der Waals surface area contributed by atoms with Gasteiger partial charge in [-0.15, -0.1) is 11.8 Å². The maximum absolute atomic E-state index is 5.65. The molecule has 1 aromatic rings. The zero-order chi connectivity index (χ0) is 9.52. The molecule has 0 saturated carbocycles. The average molecular weight is 196 g/mol. The molecule has 13 heavy (non-hydrogen) atoms. The quantitative estimate of drug-likeness (QED) is 0.580. The molecule has 0 amide bonds. The van der Waals surface area contributed by atoms with Gasteiger partial charge in [-0.3, -0.25) is 4.98 Å². The third-order valence-electron chi connectivity index (χ3n) is 1.72. The number of nitrogens with zero attached hydrogens (tertiary/aromatic N) is 1. The summed E-state index contributed by atoms with van der Waals surface area (Å²) in [6, 6.07) is 4.41. The van der Waals surface area contributed by atoms with E-state index in [0.29, 0.717) is 6.04 Å². The smallest absolute Gasteiger partial charge is 0.0278 e. The maximum Gasteiger partial charge on any atom is 0.0278 e. The van der Waals surface area contributed by atoms with Gasteiger partial charge < -0.3 is 5.73 Å². The zero-order valence-electron chi connectivity index (χ0n) is 7.94. The van der Waals surface area contributed by atoms with Crippen LogP contribution in [-0.2, 0) is 0 Å². The van der Waals surface area contributed by atoms with Gasteiger partial charge in [0.1, 0.15) is 0 Å². The fourth-order valence-electron chi connectivity index (χ4n) is 1.03. The summed E-state index contributed by atoms with van der Waals surface area (Å²) in [4.78, 5) is 5.26. The van der Waals surface area contributed by atoms with Gasteiger partial charge >= 0.3 is 0 Å². The van der Waals surface area contributed by atoms with Crippen molar-refractivity contribution in [2.45, 2.75) is 30.7 Å². The Balaban J connectivity index is 2.13. The minimum absolute atomic E-state index is 0.332. The first kappa shape index (κ1) is 10.5. The van der Waals surface area contributed by atoms with Gasteiger partial charge in [0.15, 0.2) is 0 Å². The second kappa shape index (κ2) is 6.00. The SMILES string of the molecule is CC(N)CCCSc1ccncc1. The molecule has 2 N–H and O–H groups in total. The van der Waals surface area contributed by atoms with Gasteiger partial charge in [-0.1, -0.05) is 0 Å². The van der Waals surface area contributed by atoms with Gasteiger partial charge in [-0.05, 0) is 37.7 Å². The molecule has 0 saturated heterocycles. The van der Waals surface area contributed by atoms with Crippen molar-refractivity contribution in [3.05, 3.63) is 24.5 Å². The highest BCUT2D eigenvalue weighted by Gasteiger charge is 1.95. The van der Waals surface area contributed by atoms with Crippen LogP contribution in [0.4, 0.5) is 0 Å². The van der Waals surface area contributed by atoms with E-state index < -0.39 is 0 Å². The van der Waals surface area contributed by atoms with Gasteiger partial charge in [0.05, 0.1) is 0 Å². The van der Waals surface area contributed by atoms with Crippen LogP contribution in [-0.4, -0.2) is 16.8 Å². The Bertz CT molecular complexity index is 224. The van der Waals surface area contributed by atoms with E-state index in [1.807, 2.05) is 36.3 Å². The molecule has 0 aliphatic rings. The molecule has 1 heterocycles. The molecule has 2 nitrogen and oxygen atoms in total. The first-order valence-electron chi connectivity index (χ1n) is 4.57. The van der Waals surface area contributed by atoms with Crippen LogP contribution in [0.1, 0.15) is 19.8 Å². The van der Waals surface area contributed by atoms with Crippen LogP contribution >= 0.6 is 11.8 Å². The van der Waals surface area contributed by atoms with Crippen LogP contribution in [0.25, 0.3) is 0 Å². The predicted molar refractivity (Wildman–Crippen MR) is 57.8 cm³/mol. The van der Waals surface area contributed by atoms with Gasteiger partial charge in [0.25, 0.3) is 0 Å². The van der Waals surface area contributed by atoms with Crippen LogP contribution in [0.5, 0.6) is 0 Å². The van der Waals surface area contributed by atoms with E-state index in [1.54, 1.807) is 0 Å². The molecular formula is C10H16N2S. The largest absolute Gasteiger partial charge is 0.328 e. The van der Waals surface area contributed by atoms with E-state index >= 15 is 0 Å². The normalized spacial score (nSPS) is 12.8. The molecule has 0 spiro atoms. The fourth-order valence-corrected chi connectivity index (χ4v) is 1.89.